The summed E-state index contributed by atoms with van der Waals surface area (Å²) >= 11 is 0. The first kappa shape index (κ1) is 16.0. The zero-order valence-corrected chi connectivity index (χ0v) is 12.7. The van der Waals surface area contributed by atoms with Gasteiger partial charge < -0.3 is 11.1 Å². The van der Waals surface area contributed by atoms with Crippen LogP contribution in [0.2, 0.25) is 0 Å². The summed E-state index contributed by atoms with van der Waals surface area (Å²) in [7, 11) is 0. The molecule has 0 aliphatic heterocycles. The Morgan fingerprint density at radius 2 is 1.50 bits per heavy atom. The molecule has 3 aromatic rings. The van der Waals surface area contributed by atoms with Crippen LogP contribution in [0, 0.1) is 0 Å². The summed E-state index contributed by atoms with van der Waals surface area (Å²) in [6.07, 6.45) is 0. The molecule has 0 heterocycles. The van der Waals surface area contributed by atoms with Gasteiger partial charge >= 0.3 is 0 Å². The monoisotopic (exact) mass is 312 g/mol. The van der Waals surface area contributed by atoms with Gasteiger partial charge in [0.05, 0.1) is 0 Å². The van der Waals surface area contributed by atoms with Crippen LogP contribution in [-0.4, -0.2) is 5.91 Å². The van der Waals surface area contributed by atoms with Gasteiger partial charge in [-0.25, -0.2) is 0 Å². The highest BCUT2D eigenvalue weighted by Gasteiger charge is 2.15. The zero-order chi connectivity index (χ0) is 14.7. The number of amides is 1. The van der Waals surface area contributed by atoms with Crippen LogP contribution in [0.4, 0.5) is 5.69 Å². The van der Waals surface area contributed by atoms with Crippen LogP contribution in [0.25, 0.3) is 10.8 Å². The number of fused-ring (bicyclic) bond motifs is 1. The normalized spacial score (nSPS) is 11.5. The third kappa shape index (κ3) is 3.45. The van der Waals surface area contributed by atoms with Crippen molar-refractivity contribution in [3.8, 4) is 0 Å². The van der Waals surface area contributed by atoms with Crippen molar-refractivity contribution >= 4 is 34.8 Å². The second-order valence-electron chi connectivity index (χ2n) is 4.94. The van der Waals surface area contributed by atoms with Gasteiger partial charge in [-0.05, 0) is 28.5 Å². The maximum atomic E-state index is 12.2. The number of carbonyl (C=O) groups excluding carboxylic acids is 1. The van der Waals surface area contributed by atoms with Crippen LogP contribution in [0.5, 0.6) is 0 Å². The summed E-state index contributed by atoms with van der Waals surface area (Å²) in [6, 6.07) is 22.5. The SMILES string of the molecule is Cl.NC(C(=O)Nc1ccc2ccccc2c1)c1ccccc1. The Hall–Kier alpha value is -2.36. The van der Waals surface area contributed by atoms with E-state index in [-0.39, 0.29) is 18.3 Å². The molecule has 0 spiro atoms. The molecule has 0 fully saturated rings. The molecule has 0 aromatic heterocycles. The number of halogens is 1. The first-order valence-electron chi connectivity index (χ1n) is 6.84. The number of rotatable bonds is 3. The number of nitrogens with one attached hydrogen (secondary N) is 1. The number of benzene rings is 3. The van der Waals surface area contributed by atoms with Gasteiger partial charge in [-0.2, -0.15) is 0 Å². The molecule has 3 aromatic carbocycles. The maximum Gasteiger partial charge on any atom is 0.245 e. The summed E-state index contributed by atoms with van der Waals surface area (Å²) in [5, 5.41) is 5.10. The average molecular weight is 313 g/mol. The molecule has 22 heavy (non-hydrogen) atoms. The number of anilines is 1. The highest BCUT2D eigenvalue weighted by atomic mass is 35.5. The number of nitrogens with two attached hydrogens (primary N) is 1. The molecule has 0 radical (unpaired) electrons. The fraction of sp³-hybridized carbons (Fsp3) is 0.0556. The highest BCUT2D eigenvalue weighted by molar-refractivity contribution is 5.97. The van der Waals surface area contributed by atoms with Crippen LogP contribution in [0.15, 0.2) is 72.8 Å². The molecule has 1 unspecified atom stereocenters. The Labute approximate surface area is 135 Å². The molecular formula is C18H17ClN2O. The Balaban J connectivity index is 0.00000176. The van der Waals surface area contributed by atoms with E-state index in [2.05, 4.69) is 5.32 Å². The standard InChI is InChI=1S/C18H16N2O.ClH/c19-17(14-7-2-1-3-8-14)18(21)20-16-11-10-13-6-4-5-9-15(13)12-16;/h1-12,17H,19H2,(H,20,21);1H. The van der Waals surface area contributed by atoms with Crippen LogP contribution in [0.1, 0.15) is 11.6 Å². The van der Waals surface area contributed by atoms with Crippen molar-refractivity contribution < 1.29 is 4.79 Å². The Morgan fingerprint density at radius 1 is 0.864 bits per heavy atom. The van der Waals surface area contributed by atoms with Crippen molar-refractivity contribution in [3.63, 3.8) is 0 Å². The minimum atomic E-state index is -0.669. The lowest BCUT2D eigenvalue weighted by molar-refractivity contribution is -0.117. The van der Waals surface area contributed by atoms with E-state index in [1.165, 1.54) is 0 Å². The summed E-state index contributed by atoms with van der Waals surface area (Å²) in [5.41, 5.74) is 7.54. The minimum Gasteiger partial charge on any atom is -0.324 e. The Morgan fingerprint density at radius 3 is 2.23 bits per heavy atom. The van der Waals surface area contributed by atoms with Crippen molar-refractivity contribution in [1.29, 1.82) is 0 Å². The highest BCUT2D eigenvalue weighted by Crippen LogP contribution is 2.20. The van der Waals surface area contributed by atoms with Gasteiger partial charge in [-0.3, -0.25) is 4.79 Å². The van der Waals surface area contributed by atoms with E-state index < -0.39 is 6.04 Å². The van der Waals surface area contributed by atoms with Crippen molar-refractivity contribution in [2.75, 3.05) is 5.32 Å². The molecule has 0 saturated carbocycles. The fourth-order valence-corrected chi connectivity index (χ4v) is 2.30. The van der Waals surface area contributed by atoms with Gasteiger partial charge in [0.1, 0.15) is 6.04 Å². The molecular weight excluding hydrogens is 296 g/mol. The summed E-state index contributed by atoms with van der Waals surface area (Å²) in [4.78, 5) is 12.2. The second-order valence-corrected chi connectivity index (χ2v) is 4.94. The molecule has 0 bridgehead atoms. The van der Waals surface area contributed by atoms with Gasteiger partial charge in [0.25, 0.3) is 0 Å². The molecule has 1 atom stereocenters. The summed E-state index contributed by atoms with van der Waals surface area (Å²) < 4.78 is 0. The third-order valence-electron chi connectivity index (χ3n) is 3.46. The number of hydrogen-bond donors (Lipinski definition) is 2. The largest absolute Gasteiger partial charge is 0.324 e. The predicted octanol–water partition coefficient (Wildman–Crippen LogP) is 3.90. The van der Waals surface area contributed by atoms with Crippen LogP contribution < -0.4 is 11.1 Å². The molecule has 3 rings (SSSR count). The van der Waals surface area contributed by atoms with Gasteiger partial charge in [0, 0.05) is 5.69 Å². The maximum absolute atomic E-state index is 12.2. The quantitative estimate of drug-likeness (QED) is 0.770. The van der Waals surface area contributed by atoms with Crippen molar-refractivity contribution in [2.24, 2.45) is 5.73 Å². The smallest absolute Gasteiger partial charge is 0.245 e. The zero-order valence-electron chi connectivity index (χ0n) is 11.9. The van der Waals surface area contributed by atoms with Crippen molar-refractivity contribution in [3.05, 3.63) is 78.4 Å². The lowest BCUT2D eigenvalue weighted by atomic mass is 10.1. The third-order valence-corrected chi connectivity index (χ3v) is 3.46. The number of hydrogen-bond acceptors (Lipinski definition) is 2. The molecule has 112 valence electrons. The van der Waals surface area contributed by atoms with Crippen LogP contribution in [-0.2, 0) is 4.79 Å². The van der Waals surface area contributed by atoms with Gasteiger partial charge in [-0.1, -0.05) is 60.7 Å². The fourth-order valence-electron chi connectivity index (χ4n) is 2.30. The van der Waals surface area contributed by atoms with Crippen LogP contribution >= 0.6 is 12.4 Å². The first-order chi connectivity index (χ1) is 10.2. The second kappa shape index (κ2) is 7.07. The molecule has 3 N–H and O–H groups in total. The van der Waals surface area contributed by atoms with Gasteiger partial charge in [0.2, 0.25) is 5.91 Å². The van der Waals surface area contributed by atoms with E-state index >= 15 is 0 Å². The minimum absolute atomic E-state index is 0. The van der Waals surface area contributed by atoms with Gasteiger partial charge in [0.15, 0.2) is 0 Å². The van der Waals surface area contributed by atoms with E-state index in [0.29, 0.717) is 0 Å². The summed E-state index contributed by atoms with van der Waals surface area (Å²) in [6.45, 7) is 0. The Kier molecular flexibility index (Phi) is 5.15. The van der Waals surface area contributed by atoms with E-state index in [1.807, 2.05) is 72.8 Å². The first-order valence-corrected chi connectivity index (χ1v) is 6.84. The summed E-state index contributed by atoms with van der Waals surface area (Å²) in [5.74, 6) is -0.212. The lowest BCUT2D eigenvalue weighted by Crippen LogP contribution is -2.27. The molecule has 0 saturated heterocycles. The predicted molar refractivity (Wildman–Crippen MR) is 93.2 cm³/mol. The van der Waals surface area contributed by atoms with Crippen molar-refractivity contribution in [1.82, 2.24) is 0 Å². The van der Waals surface area contributed by atoms with Gasteiger partial charge in [-0.15, -0.1) is 12.4 Å². The van der Waals surface area contributed by atoms with E-state index in [1.54, 1.807) is 0 Å². The van der Waals surface area contributed by atoms with E-state index in [9.17, 15) is 4.79 Å². The van der Waals surface area contributed by atoms with E-state index in [0.717, 1.165) is 22.0 Å². The van der Waals surface area contributed by atoms with E-state index in [4.69, 9.17) is 5.73 Å². The molecule has 0 aliphatic carbocycles. The topological polar surface area (TPSA) is 55.1 Å². The number of carbonyl (C=O) groups is 1. The molecule has 4 heteroatoms. The average Bonchev–Trinajstić information content (AvgIpc) is 2.55. The Bertz CT molecular complexity index is 774. The lowest BCUT2D eigenvalue weighted by Gasteiger charge is -2.13. The molecule has 3 nitrogen and oxygen atoms in total. The molecule has 1 amide bonds. The molecule has 0 aliphatic rings. The van der Waals surface area contributed by atoms with Crippen LogP contribution in [0.3, 0.4) is 0 Å². The van der Waals surface area contributed by atoms with Crippen molar-refractivity contribution in [2.45, 2.75) is 6.04 Å².